The molecule has 0 saturated heterocycles. The van der Waals surface area contributed by atoms with Gasteiger partial charge in [-0.05, 0) is 24.0 Å². The highest BCUT2D eigenvalue weighted by Crippen LogP contribution is 2.24. The van der Waals surface area contributed by atoms with Crippen LogP contribution in [0.5, 0.6) is 0 Å². The number of benzene rings is 1. The predicted octanol–water partition coefficient (Wildman–Crippen LogP) is 2.89. The van der Waals surface area contributed by atoms with Crippen LogP contribution in [0, 0.1) is 0 Å². The summed E-state index contributed by atoms with van der Waals surface area (Å²) in [6.07, 6.45) is 2.33. The molecule has 0 aliphatic heterocycles. The Morgan fingerprint density at radius 3 is 2.79 bits per heavy atom. The predicted molar refractivity (Wildman–Crippen MR) is 61.6 cm³/mol. The Labute approximate surface area is 96.2 Å². The maximum atomic E-state index is 11.0. The zero-order valence-corrected chi connectivity index (χ0v) is 10.4. The molecule has 0 bridgehead atoms. The van der Waals surface area contributed by atoms with Gasteiger partial charge in [-0.3, -0.25) is 4.79 Å². The van der Waals surface area contributed by atoms with Crippen LogP contribution in [0.1, 0.15) is 5.56 Å². The summed E-state index contributed by atoms with van der Waals surface area (Å²) in [4.78, 5) is 12.2. The summed E-state index contributed by atoms with van der Waals surface area (Å²) >= 11 is 5.09. The zero-order valence-electron chi connectivity index (χ0n) is 8.04. The van der Waals surface area contributed by atoms with Crippen molar-refractivity contribution in [3.63, 3.8) is 0 Å². The van der Waals surface area contributed by atoms with E-state index < -0.39 is 0 Å². The van der Waals surface area contributed by atoms with Crippen molar-refractivity contribution in [1.29, 1.82) is 0 Å². The average molecular weight is 275 g/mol. The average Bonchev–Trinajstić information content (AvgIpc) is 2.20. The Morgan fingerprint density at radius 2 is 2.29 bits per heavy atom. The lowest BCUT2D eigenvalue weighted by Gasteiger charge is -2.04. The van der Waals surface area contributed by atoms with Crippen LogP contribution in [0.4, 0.5) is 0 Å². The number of rotatable bonds is 3. The minimum atomic E-state index is -0.220. The number of esters is 1. The Kier molecular flexibility index (Phi) is 4.48. The quantitative estimate of drug-likeness (QED) is 0.626. The molecule has 0 fully saturated rings. The van der Waals surface area contributed by atoms with E-state index in [1.807, 2.05) is 24.5 Å². The third-order valence-electron chi connectivity index (χ3n) is 1.82. The van der Waals surface area contributed by atoms with E-state index in [4.69, 9.17) is 0 Å². The number of carbonyl (C=O) groups is 1. The summed E-state index contributed by atoms with van der Waals surface area (Å²) < 4.78 is 5.55. The number of ether oxygens (including phenoxy) is 1. The van der Waals surface area contributed by atoms with Crippen LogP contribution in [0.3, 0.4) is 0 Å². The number of thioether (sulfide) groups is 1. The first kappa shape index (κ1) is 11.6. The summed E-state index contributed by atoms with van der Waals surface area (Å²) in [7, 11) is 1.40. The summed E-state index contributed by atoms with van der Waals surface area (Å²) in [6, 6.07) is 5.93. The molecular formula is C10H11BrO2S. The van der Waals surface area contributed by atoms with Crippen molar-refractivity contribution in [2.45, 2.75) is 11.3 Å². The first-order valence-corrected chi connectivity index (χ1v) is 6.08. The second kappa shape index (κ2) is 5.41. The Bertz CT molecular complexity index is 339. The highest BCUT2D eigenvalue weighted by molar-refractivity contribution is 9.10. The van der Waals surface area contributed by atoms with E-state index in [0.29, 0.717) is 6.42 Å². The van der Waals surface area contributed by atoms with Gasteiger partial charge in [-0.2, -0.15) is 0 Å². The van der Waals surface area contributed by atoms with Gasteiger partial charge in [0.2, 0.25) is 0 Å². The number of hydrogen-bond acceptors (Lipinski definition) is 3. The SMILES string of the molecule is COC(=O)Cc1ccc(SC)cc1Br. The van der Waals surface area contributed by atoms with Crippen molar-refractivity contribution in [3.8, 4) is 0 Å². The second-order valence-electron chi connectivity index (χ2n) is 2.71. The maximum Gasteiger partial charge on any atom is 0.310 e. The van der Waals surface area contributed by atoms with Gasteiger partial charge in [-0.15, -0.1) is 11.8 Å². The molecule has 4 heteroatoms. The lowest BCUT2D eigenvalue weighted by Crippen LogP contribution is -2.04. The molecule has 0 radical (unpaired) electrons. The number of carbonyl (C=O) groups excluding carboxylic acids is 1. The van der Waals surface area contributed by atoms with E-state index in [9.17, 15) is 4.79 Å². The molecule has 0 heterocycles. The molecule has 0 saturated carbocycles. The van der Waals surface area contributed by atoms with Gasteiger partial charge in [0, 0.05) is 9.37 Å². The van der Waals surface area contributed by atoms with Crippen molar-refractivity contribution < 1.29 is 9.53 Å². The molecule has 76 valence electrons. The summed E-state index contributed by atoms with van der Waals surface area (Å²) in [5, 5.41) is 0. The van der Waals surface area contributed by atoms with Gasteiger partial charge >= 0.3 is 5.97 Å². The lowest BCUT2D eigenvalue weighted by atomic mass is 10.1. The van der Waals surface area contributed by atoms with Crippen LogP contribution >= 0.6 is 27.7 Å². The van der Waals surface area contributed by atoms with Crippen molar-refractivity contribution in [2.24, 2.45) is 0 Å². The first-order valence-electron chi connectivity index (χ1n) is 4.06. The Balaban J connectivity index is 2.83. The van der Waals surface area contributed by atoms with Gasteiger partial charge in [0.15, 0.2) is 0 Å². The molecule has 0 amide bonds. The smallest absolute Gasteiger partial charge is 0.310 e. The molecule has 0 N–H and O–H groups in total. The topological polar surface area (TPSA) is 26.3 Å². The summed E-state index contributed by atoms with van der Waals surface area (Å²) in [5.74, 6) is -0.220. The van der Waals surface area contributed by atoms with Gasteiger partial charge < -0.3 is 4.74 Å². The van der Waals surface area contributed by atoms with Crippen LogP contribution in [0.25, 0.3) is 0 Å². The van der Waals surface area contributed by atoms with Crippen LogP contribution < -0.4 is 0 Å². The molecule has 0 unspecified atom stereocenters. The largest absolute Gasteiger partial charge is 0.469 e. The van der Waals surface area contributed by atoms with Gasteiger partial charge in [-0.25, -0.2) is 0 Å². The van der Waals surface area contributed by atoms with Crippen molar-refractivity contribution in [1.82, 2.24) is 0 Å². The van der Waals surface area contributed by atoms with Crippen LogP contribution in [-0.4, -0.2) is 19.3 Å². The van der Waals surface area contributed by atoms with Gasteiger partial charge in [-0.1, -0.05) is 22.0 Å². The molecular weight excluding hydrogens is 264 g/mol. The molecule has 1 aromatic rings. The second-order valence-corrected chi connectivity index (χ2v) is 4.44. The highest BCUT2D eigenvalue weighted by Gasteiger charge is 2.06. The van der Waals surface area contributed by atoms with E-state index in [1.165, 1.54) is 12.0 Å². The van der Waals surface area contributed by atoms with Gasteiger partial charge in [0.25, 0.3) is 0 Å². The van der Waals surface area contributed by atoms with Gasteiger partial charge in [0.1, 0.15) is 0 Å². The fourth-order valence-corrected chi connectivity index (χ4v) is 2.14. The summed E-state index contributed by atoms with van der Waals surface area (Å²) in [5.41, 5.74) is 0.953. The minimum Gasteiger partial charge on any atom is -0.469 e. The van der Waals surface area contributed by atoms with Crippen LogP contribution in [-0.2, 0) is 16.0 Å². The fraction of sp³-hybridized carbons (Fsp3) is 0.300. The van der Waals surface area contributed by atoms with Crippen molar-refractivity contribution in [3.05, 3.63) is 28.2 Å². The molecule has 0 spiro atoms. The normalized spacial score (nSPS) is 9.93. The highest BCUT2D eigenvalue weighted by atomic mass is 79.9. The molecule has 0 aliphatic carbocycles. The number of halogens is 1. The standard InChI is InChI=1S/C10H11BrO2S/c1-13-10(12)5-7-3-4-8(14-2)6-9(7)11/h3-4,6H,5H2,1-2H3. The monoisotopic (exact) mass is 274 g/mol. The summed E-state index contributed by atoms with van der Waals surface area (Å²) in [6.45, 7) is 0. The zero-order chi connectivity index (χ0) is 10.6. The van der Waals surface area contributed by atoms with Crippen molar-refractivity contribution in [2.75, 3.05) is 13.4 Å². The van der Waals surface area contributed by atoms with E-state index in [0.717, 1.165) is 10.0 Å². The molecule has 2 nitrogen and oxygen atoms in total. The first-order chi connectivity index (χ1) is 6.67. The third kappa shape index (κ3) is 3.03. The van der Waals surface area contributed by atoms with E-state index >= 15 is 0 Å². The van der Waals surface area contributed by atoms with E-state index in [-0.39, 0.29) is 5.97 Å². The van der Waals surface area contributed by atoms with E-state index in [2.05, 4.69) is 20.7 Å². The number of methoxy groups -OCH3 is 1. The molecule has 0 atom stereocenters. The maximum absolute atomic E-state index is 11.0. The molecule has 0 aliphatic rings. The van der Waals surface area contributed by atoms with Crippen LogP contribution in [0.15, 0.2) is 27.6 Å². The van der Waals surface area contributed by atoms with Gasteiger partial charge in [0.05, 0.1) is 13.5 Å². The third-order valence-corrected chi connectivity index (χ3v) is 3.29. The Morgan fingerprint density at radius 1 is 1.57 bits per heavy atom. The van der Waals surface area contributed by atoms with E-state index in [1.54, 1.807) is 11.8 Å². The fourth-order valence-electron chi connectivity index (χ4n) is 1.03. The lowest BCUT2D eigenvalue weighted by molar-refractivity contribution is -0.139. The molecule has 1 aromatic carbocycles. The molecule has 1 rings (SSSR count). The number of hydrogen-bond donors (Lipinski definition) is 0. The van der Waals surface area contributed by atoms with Crippen molar-refractivity contribution >= 4 is 33.7 Å². The Hall–Kier alpha value is -0.480. The van der Waals surface area contributed by atoms with Crippen LogP contribution in [0.2, 0.25) is 0 Å². The minimum absolute atomic E-state index is 0.220. The molecule has 0 aromatic heterocycles. The molecule has 14 heavy (non-hydrogen) atoms.